The Morgan fingerprint density at radius 2 is 1.82 bits per heavy atom. The number of carbonyl (C=O) groups excluding carboxylic acids is 2. The predicted molar refractivity (Wildman–Crippen MR) is 153 cm³/mol. The zero-order chi connectivity index (χ0) is 27.1. The standard InChI is InChI=1S/C30H34N6O3/c1-4-39-27-15-19(29(37)36-14-13-21(18-36)32-20-10-11-20)9-12-23(27)33-28-16-25-26(17-31-28)35(3)30(38)22-7-5-6-8-24(22)34(25)2/h5-9,12,15-17,20-21,32H,4,10-11,13-14,18H2,1-3H3,(H,31,33)/t21-/m1/s1. The second-order valence-electron chi connectivity index (χ2n) is 10.4. The van der Waals surface area contributed by atoms with Crippen LogP contribution < -0.4 is 25.2 Å². The first-order chi connectivity index (χ1) is 18.9. The molecule has 3 aliphatic rings. The quantitative estimate of drug-likeness (QED) is 0.467. The molecule has 6 rings (SSSR count). The van der Waals surface area contributed by atoms with Gasteiger partial charge in [0.25, 0.3) is 11.8 Å². The van der Waals surface area contributed by atoms with Gasteiger partial charge in [-0.1, -0.05) is 12.1 Å². The van der Waals surface area contributed by atoms with Crippen molar-refractivity contribution in [2.75, 3.05) is 48.9 Å². The van der Waals surface area contributed by atoms with Gasteiger partial charge < -0.3 is 30.1 Å². The monoisotopic (exact) mass is 526 g/mol. The van der Waals surface area contributed by atoms with E-state index in [1.54, 1.807) is 18.1 Å². The number of nitrogens with one attached hydrogen (secondary N) is 2. The molecule has 0 spiro atoms. The molecule has 2 N–H and O–H groups in total. The second-order valence-corrected chi connectivity index (χ2v) is 10.4. The second kappa shape index (κ2) is 10.2. The lowest BCUT2D eigenvalue weighted by Gasteiger charge is -2.23. The Morgan fingerprint density at radius 3 is 2.62 bits per heavy atom. The van der Waals surface area contributed by atoms with Crippen molar-refractivity contribution in [3.8, 4) is 5.75 Å². The van der Waals surface area contributed by atoms with Crippen LogP contribution in [-0.2, 0) is 0 Å². The van der Waals surface area contributed by atoms with Crippen molar-refractivity contribution in [3.63, 3.8) is 0 Å². The molecular formula is C30H34N6O3. The van der Waals surface area contributed by atoms with Crippen LogP contribution in [0.5, 0.6) is 5.75 Å². The van der Waals surface area contributed by atoms with Crippen molar-refractivity contribution in [2.24, 2.45) is 0 Å². The van der Waals surface area contributed by atoms with E-state index in [0.717, 1.165) is 42.3 Å². The Hall–Kier alpha value is -4.11. The molecule has 39 heavy (non-hydrogen) atoms. The molecule has 1 aliphatic carbocycles. The molecule has 0 radical (unpaired) electrons. The molecule has 3 heterocycles. The van der Waals surface area contributed by atoms with Crippen LogP contribution in [0.2, 0.25) is 0 Å². The Balaban J connectivity index is 1.25. The minimum absolute atomic E-state index is 0.0266. The highest BCUT2D eigenvalue weighted by atomic mass is 16.5. The summed E-state index contributed by atoms with van der Waals surface area (Å²) >= 11 is 0. The molecule has 0 bridgehead atoms. The van der Waals surface area contributed by atoms with E-state index in [4.69, 9.17) is 4.74 Å². The normalized spacial score (nSPS) is 18.5. The van der Waals surface area contributed by atoms with Gasteiger partial charge in [-0.2, -0.15) is 0 Å². The van der Waals surface area contributed by atoms with Crippen LogP contribution in [0.25, 0.3) is 0 Å². The summed E-state index contributed by atoms with van der Waals surface area (Å²) in [5, 5.41) is 7.00. The van der Waals surface area contributed by atoms with E-state index in [9.17, 15) is 9.59 Å². The van der Waals surface area contributed by atoms with Crippen molar-refractivity contribution < 1.29 is 14.3 Å². The molecule has 9 nitrogen and oxygen atoms in total. The molecule has 2 fully saturated rings. The number of pyridine rings is 1. The van der Waals surface area contributed by atoms with Gasteiger partial charge in [-0.25, -0.2) is 4.98 Å². The number of ether oxygens (including phenoxy) is 1. The number of para-hydroxylation sites is 1. The number of anilines is 5. The van der Waals surface area contributed by atoms with Crippen LogP contribution in [0, 0.1) is 0 Å². The summed E-state index contributed by atoms with van der Waals surface area (Å²) in [4.78, 5) is 36.5. The molecular weight excluding hydrogens is 492 g/mol. The highest BCUT2D eigenvalue weighted by Crippen LogP contribution is 2.40. The fourth-order valence-electron chi connectivity index (χ4n) is 5.42. The molecule has 0 unspecified atom stereocenters. The van der Waals surface area contributed by atoms with Gasteiger partial charge in [0.1, 0.15) is 11.6 Å². The minimum Gasteiger partial charge on any atom is -0.492 e. The number of aromatic nitrogens is 1. The largest absolute Gasteiger partial charge is 0.492 e. The molecule has 2 aliphatic heterocycles. The van der Waals surface area contributed by atoms with E-state index < -0.39 is 0 Å². The van der Waals surface area contributed by atoms with Crippen LogP contribution >= 0.6 is 0 Å². The average molecular weight is 527 g/mol. The summed E-state index contributed by atoms with van der Waals surface area (Å²) in [6, 6.07) is 16.0. The number of likely N-dealkylation sites (tertiary alicyclic amines) is 1. The maximum absolute atomic E-state index is 13.3. The average Bonchev–Trinajstić information content (AvgIpc) is 3.66. The van der Waals surface area contributed by atoms with Gasteiger partial charge in [0.15, 0.2) is 0 Å². The lowest BCUT2D eigenvalue weighted by atomic mass is 10.1. The highest BCUT2D eigenvalue weighted by Gasteiger charge is 2.32. The number of rotatable bonds is 7. The van der Waals surface area contributed by atoms with Crippen molar-refractivity contribution in [1.29, 1.82) is 0 Å². The fourth-order valence-corrected chi connectivity index (χ4v) is 5.42. The molecule has 1 aromatic heterocycles. The van der Waals surface area contributed by atoms with Crippen molar-refractivity contribution in [1.82, 2.24) is 15.2 Å². The van der Waals surface area contributed by atoms with Crippen LogP contribution in [0.15, 0.2) is 54.7 Å². The minimum atomic E-state index is -0.0785. The third kappa shape index (κ3) is 4.90. The van der Waals surface area contributed by atoms with Crippen LogP contribution in [-0.4, -0.2) is 67.6 Å². The number of amides is 2. The zero-order valence-corrected chi connectivity index (χ0v) is 22.6. The Bertz CT molecular complexity index is 1420. The number of carbonyl (C=O) groups is 2. The van der Waals surface area contributed by atoms with Crippen molar-refractivity contribution >= 4 is 40.4 Å². The Morgan fingerprint density at radius 1 is 1.00 bits per heavy atom. The van der Waals surface area contributed by atoms with E-state index in [-0.39, 0.29) is 11.8 Å². The van der Waals surface area contributed by atoms with Crippen LogP contribution in [0.1, 0.15) is 46.9 Å². The molecule has 1 saturated heterocycles. The fraction of sp³-hybridized carbons (Fsp3) is 0.367. The summed E-state index contributed by atoms with van der Waals surface area (Å²) in [6.07, 6.45) is 5.18. The predicted octanol–water partition coefficient (Wildman–Crippen LogP) is 4.55. The van der Waals surface area contributed by atoms with Gasteiger partial charge in [-0.3, -0.25) is 9.59 Å². The summed E-state index contributed by atoms with van der Waals surface area (Å²) in [7, 11) is 3.71. The van der Waals surface area contributed by atoms with E-state index in [0.29, 0.717) is 41.4 Å². The molecule has 9 heteroatoms. The number of hydrogen-bond donors (Lipinski definition) is 2. The number of nitrogens with zero attached hydrogens (tertiary/aromatic N) is 4. The van der Waals surface area contributed by atoms with Crippen LogP contribution in [0.4, 0.5) is 28.6 Å². The summed E-state index contributed by atoms with van der Waals surface area (Å²) in [5.74, 6) is 1.15. The first kappa shape index (κ1) is 25.2. The maximum atomic E-state index is 13.3. The SMILES string of the molecule is CCOc1cc(C(=O)N2CC[C@@H](NC3CC3)C2)ccc1Nc1cc2c(cn1)N(C)C(=O)c1ccccc1N2C. The first-order valence-corrected chi connectivity index (χ1v) is 13.6. The van der Waals surface area contributed by atoms with Gasteiger partial charge in [-0.15, -0.1) is 0 Å². The molecule has 2 aromatic carbocycles. The van der Waals surface area contributed by atoms with E-state index in [1.807, 2.05) is 72.3 Å². The Labute approximate surface area is 228 Å². The Kier molecular flexibility index (Phi) is 6.60. The smallest absolute Gasteiger partial charge is 0.260 e. The van der Waals surface area contributed by atoms with E-state index in [1.165, 1.54) is 12.8 Å². The highest BCUT2D eigenvalue weighted by molar-refractivity contribution is 6.13. The lowest BCUT2D eigenvalue weighted by molar-refractivity contribution is 0.0788. The number of fused-ring (bicyclic) bond motifs is 2. The summed E-state index contributed by atoms with van der Waals surface area (Å²) in [6.45, 7) is 3.89. The molecule has 1 saturated carbocycles. The van der Waals surface area contributed by atoms with Gasteiger partial charge >= 0.3 is 0 Å². The van der Waals surface area contributed by atoms with Gasteiger partial charge in [0, 0.05) is 50.9 Å². The third-order valence-corrected chi connectivity index (χ3v) is 7.70. The number of hydrogen-bond acceptors (Lipinski definition) is 7. The summed E-state index contributed by atoms with van der Waals surface area (Å²) in [5.41, 5.74) is 4.37. The maximum Gasteiger partial charge on any atom is 0.260 e. The van der Waals surface area contributed by atoms with Gasteiger partial charge in [0.2, 0.25) is 0 Å². The topological polar surface area (TPSA) is 90.0 Å². The van der Waals surface area contributed by atoms with E-state index in [2.05, 4.69) is 15.6 Å². The van der Waals surface area contributed by atoms with E-state index >= 15 is 0 Å². The molecule has 2 amide bonds. The molecule has 1 atom stereocenters. The van der Waals surface area contributed by atoms with Crippen molar-refractivity contribution in [2.45, 2.75) is 38.3 Å². The molecule has 3 aromatic rings. The lowest BCUT2D eigenvalue weighted by Crippen LogP contribution is -2.36. The van der Waals surface area contributed by atoms with Crippen molar-refractivity contribution in [3.05, 3.63) is 65.9 Å². The third-order valence-electron chi connectivity index (χ3n) is 7.70. The van der Waals surface area contributed by atoms with Gasteiger partial charge in [-0.05, 0) is 56.5 Å². The van der Waals surface area contributed by atoms with Crippen LogP contribution in [0.3, 0.4) is 0 Å². The number of benzene rings is 2. The first-order valence-electron chi connectivity index (χ1n) is 13.6. The summed E-state index contributed by atoms with van der Waals surface area (Å²) < 4.78 is 5.94. The van der Waals surface area contributed by atoms with Gasteiger partial charge in [0.05, 0.1) is 41.1 Å². The zero-order valence-electron chi connectivity index (χ0n) is 22.6. The molecule has 202 valence electrons.